The number of nitrogens with one attached hydrogen (secondary N) is 1. The molecule has 3 N–H and O–H groups in total. The summed E-state index contributed by atoms with van der Waals surface area (Å²) in [6.07, 6.45) is 8.48. The van der Waals surface area contributed by atoms with Crippen LogP contribution in [0.5, 0.6) is 0 Å². The third-order valence-corrected chi connectivity index (χ3v) is 7.11. The highest BCUT2D eigenvalue weighted by Gasteiger charge is 2.33. The molecule has 2 aliphatic rings. The van der Waals surface area contributed by atoms with E-state index in [-0.39, 0.29) is 42.5 Å². The van der Waals surface area contributed by atoms with Gasteiger partial charge in [0.2, 0.25) is 11.7 Å². The lowest BCUT2D eigenvalue weighted by atomic mass is 9.97. The molecule has 0 atom stereocenters. The lowest BCUT2D eigenvalue weighted by molar-refractivity contribution is -0.119. The monoisotopic (exact) mass is 510 g/mol. The molecular weight excluding hydrogens is 478 g/mol. The zero-order valence-corrected chi connectivity index (χ0v) is 20.9. The van der Waals surface area contributed by atoms with E-state index >= 15 is 8.78 Å². The van der Waals surface area contributed by atoms with E-state index in [9.17, 15) is 4.79 Å². The van der Waals surface area contributed by atoms with E-state index in [1.165, 1.54) is 12.4 Å². The standard InChI is InChI=1S/C26H32F2N8O/c1-34-13-20(12-33-34)18-2-3-19(22(27)10-18)14-36(21-4-5-21)26-24(28)25(31-16-32-26)30-11-17-6-8-35(9-7-17)15-23(29)37/h2-3,10,12-13,16-17,21H,4-9,11,14-15H2,1H3,(H2,29,37)(H,30,31,32). The summed E-state index contributed by atoms with van der Waals surface area (Å²) in [5.41, 5.74) is 7.35. The molecule has 11 heteroatoms. The Morgan fingerprint density at radius 3 is 2.59 bits per heavy atom. The molecule has 1 aliphatic heterocycles. The number of nitrogens with two attached hydrogens (primary N) is 1. The third kappa shape index (κ3) is 6.04. The summed E-state index contributed by atoms with van der Waals surface area (Å²) in [5.74, 6) is -0.504. The Balaban J connectivity index is 1.26. The Hall–Kier alpha value is -3.60. The number of carbonyl (C=O) groups is 1. The second kappa shape index (κ2) is 10.8. The van der Waals surface area contributed by atoms with Gasteiger partial charge in [0, 0.05) is 43.5 Å². The number of amides is 1. The second-order valence-corrected chi connectivity index (χ2v) is 9.99. The van der Waals surface area contributed by atoms with Crippen LogP contribution in [-0.4, -0.2) is 62.8 Å². The maximum Gasteiger partial charge on any atom is 0.231 e. The van der Waals surface area contributed by atoms with Crippen LogP contribution in [-0.2, 0) is 18.4 Å². The van der Waals surface area contributed by atoms with Crippen LogP contribution in [0.1, 0.15) is 31.2 Å². The first-order valence-electron chi connectivity index (χ1n) is 12.7. The number of hydrogen-bond acceptors (Lipinski definition) is 7. The van der Waals surface area contributed by atoms with Crippen LogP contribution >= 0.6 is 0 Å². The predicted octanol–water partition coefficient (Wildman–Crippen LogP) is 2.93. The average molecular weight is 511 g/mol. The summed E-state index contributed by atoms with van der Waals surface area (Å²) in [7, 11) is 1.82. The fourth-order valence-corrected chi connectivity index (χ4v) is 4.87. The molecule has 1 aromatic carbocycles. The summed E-state index contributed by atoms with van der Waals surface area (Å²) >= 11 is 0. The van der Waals surface area contributed by atoms with Gasteiger partial charge in [-0.3, -0.25) is 14.4 Å². The minimum atomic E-state index is -0.520. The highest BCUT2D eigenvalue weighted by Crippen LogP contribution is 2.35. The number of halogens is 2. The predicted molar refractivity (Wildman–Crippen MR) is 137 cm³/mol. The fourth-order valence-electron chi connectivity index (χ4n) is 4.87. The Morgan fingerprint density at radius 2 is 1.95 bits per heavy atom. The minimum Gasteiger partial charge on any atom is -0.369 e. The zero-order chi connectivity index (χ0) is 25.9. The molecule has 2 fully saturated rings. The zero-order valence-electron chi connectivity index (χ0n) is 20.9. The Labute approximate surface area is 214 Å². The van der Waals surface area contributed by atoms with Crippen molar-refractivity contribution in [1.29, 1.82) is 0 Å². The molecular formula is C26H32F2N8O. The van der Waals surface area contributed by atoms with E-state index in [0.717, 1.165) is 49.9 Å². The quantitative estimate of drug-likeness (QED) is 0.432. The van der Waals surface area contributed by atoms with Crippen molar-refractivity contribution in [1.82, 2.24) is 24.6 Å². The summed E-state index contributed by atoms with van der Waals surface area (Å²) < 4.78 is 32.3. The van der Waals surface area contributed by atoms with Gasteiger partial charge in [0.1, 0.15) is 12.1 Å². The average Bonchev–Trinajstić information content (AvgIpc) is 3.63. The first-order chi connectivity index (χ1) is 17.9. The van der Waals surface area contributed by atoms with Crippen molar-refractivity contribution in [2.75, 3.05) is 36.4 Å². The molecule has 0 spiro atoms. The lowest BCUT2D eigenvalue weighted by Crippen LogP contribution is -2.40. The van der Waals surface area contributed by atoms with Crippen LogP contribution in [0.15, 0.2) is 36.9 Å². The number of piperidine rings is 1. The number of aryl methyl sites for hydroxylation is 1. The molecule has 1 aliphatic carbocycles. The van der Waals surface area contributed by atoms with E-state index in [0.29, 0.717) is 18.0 Å². The van der Waals surface area contributed by atoms with E-state index in [1.54, 1.807) is 16.9 Å². The van der Waals surface area contributed by atoms with Crippen LogP contribution in [0.3, 0.4) is 0 Å². The molecule has 5 rings (SSSR count). The van der Waals surface area contributed by atoms with Gasteiger partial charge in [-0.25, -0.2) is 14.4 Å². The number of likely N-dealkylation sites (tertiary alicyclic amines) is 1. The summed E-state index contributed by atoms with van der Waals surface area (Å²) in [6, 6.07) is 5.22. The molecule has 0 unspecified atom stereocenters. The number of nitrogens with zero attached hydrogens (tertiary/aromatic N) is 6. The van der Waals surface area contributed by atoms with Crippen molar-refractivity contribution in [3.63, 3.8) is 0 Å². The van der Waals surface area contributed by atoms with Crippen LogP contribution in [0.2, 0.25) is 0 Å². The molecule has 9 nitrogen and oxygen atoms in total. The number of aromatic nitrogens is 4. The van der Waals surface area contributed by atoms with E-state index in [1.807, 2.05) is 29.1 Å². The molecule has 1 saturated carbocycles. The van der Waals surface area contributed by atoms with Gasteiger partial charge in [-0.2, -0.15) is 9.49 Å². The molecule has 3 aromatic rings. The highest BCUT2D eigenvalue weighted by molar-refractivity contribution is 5.75. The maximum atomic E-state index is 15.6. The van der Waals surface area contributed by atoms with Crippen LogP contribution in [0.4, 0.5) is 20.4 Å². The van der Waals surface area contributed by atoms with Gasteiger partial charge < -0.3 is 16.0 Å². The van der Waals surface area contributed by atoms with Gasteiger partial charge in [-0.05, 0) is 56.3 Å². The number of primary amides is 1. The second-order valence-electron chi connectivity index (χ2n) is 9.99. The summed E-state index contributed by atoms with van der Waals surface area (Å²) in [6.45, 7) is 2.63. The van der Waals surface area contributed by atoms with Crippen LogP contribution in [0.25, 0.3) is 11.1 Å². The molecule has 196 valence electrons. The number of hydrogen-bond donors (Lipinski definition) is 2. The van der Waals surface area contributed by atoms with Gasteiger partial charge in [-0.15, -0.1) is 0 Å². The molecule has 1 amide bonds. The first kappa shape index (κ1) is 25.1. The Kier molecular flexibility index (Phi) is 7.31. The molecule has 2 aromatic heterocycles. The molecule has 0 bridgehead atoms. The molecule has 3 heterocycles. The van der Waals surface area contributed by atoms with Crippen LogP contribution in [0, 0.1) is 17.6 Å². The van der Waals surface area contributed by atoms with Gasteiger partial charge in [0.15, 0.2) is 11.6 Å². The minimum absolute atomic E-state index is 0.115. The van der Waals surface area contributed by atoms with Crippen LogP contribution < -0.4 is 16.0 Å². The number of anilines is 2. The van der Waals surface area contributed by atoms with E-state index in [2.05, 4.69) is 20.4 Å². The van der Waals surface area contributed by atoms with Gasteiger partial charge in [0.25, 0.3) is 0 Å². The molecule has 1 saturated heterocycles. The fraction of sp³-hybridized carbons (Fsp3) is 0.462. The van der Waals surface area contributed by atoms with Crippen molar-refractivity contribution >= 4 is 17.5 Å². The number of rotatable bonds is 10. The van der Waals surface area contributed by atoms with Crippen molar-refractivity contribution in [3.05, 3.63) is 54.1 Å². The Bertz CT molecular complexity index is 1250. The normalized spacial score (nSPS) is 16.6. The maximum absolute atomic E-state index is 15.6. The van der Waals surface area contributed by atoms with Crippen molar-refractivity contribution in [3.8, 4) is 11.1 Å². The largest absolute Gasteiger partial charge is 0.369 e. The smallest absolute Gasteiger partial charge is 0.231 e. The molecule has 37 heavy (non-hydrogen) atoms. The molecule has 0 radical (unpaired) electrons. The topological polar surface area (TPSA) is 105 Å². The lowest BCUT2D eigenvalue weighted by Gasteiger charge is -2.31. The van der Waals surface area contributed by atoms with E-state index in [4.69, 9.17) is 5.73 Å². The number of benzene rings is 1. The van der Waals surface area contributed by atoms with Gasteiger partial charge in [-0.1, -0.05) is 12.1 Å². The third-order valence-electron chi connectivity index (χ3n) is 7.11. The van der Waals surface area contributed by atoms with Crippen molar-refractivity contribution in [2.24, 2.45) is 18.7 Å². The Morgan fingerprint density at radius 1 is 1.16 bits per heavy atom. The van der Waals surface area contributed by atoms with E-state index < -0.39 is 5.82 Å². The number of carbonyl (C=O) groups excluding carboxylic acids is 1. The highest BCUT2D eigenvalue weighted by atomic mass is 19.1. The first-order valence-corrected chi connectivity index (χ1v) is 12.7. The van der Waals surface area contributed by atoms with Crippen molar-refractivity contribution < 1.29 is 13.6 Å². The SMILES string of the molecule is Cn1cc(-c2ccc(CN(c3ncnc(NCC4CCN(CC(N)=O)CC4)c3F)C3CC3)c(F)c2)cn1. The summed E-state index contributed by atoms with van der Waals surface area (Å²) in [4.78, 5) is 23.4. The van der Waals surface area contributed by atoms with Gasteiger partial charge in [0.05, 0.1) is 12.7 Å². The van der Waals surface area contributed by atoms with Crippen molar-refractivity contribution in [2.45, 2.75) is 38.3 Å². The summed E-state index contributed by atoms with van der Waals surface area (Å²) in [5, 5.41) is 7.30. The van der Waals surface area contributed by atoms with Gasteiger partial charge >= 0.3 is 0 Å².